The van der Waals surface area contributed by atoms with Gasteiger partial charge in [-0.1, -0.05) is 99.7 Å². The Hall–Kier alpha value is -2.60. The van der Waals surface area contributed by atoms with Gasteiger partial charge in [0.2, 0.25) is 11.8 Å². The van der Waals surface area contributed by atoms with Gasteiger partial charge >= 0.3 is 0 Å². The Morgan fingerprint density at radius 2 is 1.62 bits per heavy atom. The van der Waals surface area contributed by atoms with Crippen molar-refractivity contribution in [3.63, 3.8) is 0 Å². The number of carbonyl (C=O) groups excluding carboxylic acids is 3. The Kier molecular flexibility index (Phi) is 10.2. The second-order valence-electron chi connectivity index (χ2n) is 9.11. The van der Waals surface area contributed by atoms with E-state index in [0.29, 0.717) is 19.4 Å². The maximum atomic E-state index is 12.5. The van der Waals surface area contributed by atoms with Crippen molar-refractivity contribution in [1.82, 2.24) is 10.2 Å². The summed E-state index contributed by atoms with van der Waals surface area (Å²) in [5.41, 5.74) is 4.31. The number of hydrogen-bond acceptors (Lipinski definition) is 4. The van der Waals surface area contributed by atoms with Crippen LogP contribution in [-0.2, 0) is 22.6 Å². The second-order valence-corrected chi connectivity index (χ2v) is 10.3. The SMILES string of the molecule is CCCCCCCCCC(=O)N(C)Cc1cccc(-c2ccc(CC3SC(=O)NC3=O)cc2)c1. The van der Waals surface area contributed by atoms with Gasteiger partial charge in [0.15, 0.2) is 0 Å². The fourth-order valence-electron chi connectivity index (χ4n) is 4.21. The van der Waals surface area contributed by atoms with Crippen LogP contribution < -0.4 is 5.32 Å². The first-order valence-corrected chi connectivity index (χ1v) is 13.3. The third-order valence-corrected chi connectivity index (χ3v) is 7.22. The molecule has 1 saturated heterocycles. The summed E-state index contributed by atoms with van der Waals surface area (Å²) in [4.78, 5) is 37.5. The van der Waals surface area contributed by atoms with E-state index in [1.807, 2.05) is 42.3 Å². The maximum Gasteiger partial charge on any atom is 0.286 e. The Morgan fingerprint density at radius 3 is 2.29 bits per heavy atom. The normalized spacial score (nSPS) is 15.4. The van der Waals surface area contributed by atoms with Gasteiger partial charge in [0.1, 0.15) is 0 Å². The van der Waals surface area contributed by atoms with E-state index in [9.17, 15) is 14.4 Å². The summed E-state index contributed by atoms with van der Waals surface area (Å²) in [6.45, 7) is 2.83. The van der Waals surface area contributed by atoms with E-state index in [2.05, 4.69) is 30.4 Å². The van der Waals surface area contributed by atoms with E-state index in [1.54, 1.807) is 0 Å². The molecule has 2 aromatic rings. The number of benzene rings is 2. The van der Waals surface area contributed by atoms with Crippen LogP contribution in [0.15, 0.2) is 48.5 Å². The van der Waals surface area contributed by atoms with E-state index in [-0.39, 0.29) is 22.3 Å². The molecular formula is C28H36N2O3S. The average molecular weight is 481 g/mol. The van der Waals surface area contributed by atoms with Gasteiger partial charge in [-0.15, -0.1) is 0 Å². The van der Waals surface area contributed by atoms with E-state index < -0.39 is 0 Å². The number of carbonyl (C=O) groups is 3. The zero-order valence-electron chi connectivity index (χ0n) is 20.3. The summed E-state index contributed by atoms with van der Waals surface area (Å²) in [6, 6.07) is 16.4. The van der Waals surface area contributed by atoms with E-state index in [0.717, 1.165) is 46.9 Å². The van der Waals surface area contributed by atoms with Crippen molar-refractivity contribution in [2.24, 2.45) is 0 Å². The molecule has 1 unspecified atom stereocenters. The van der Waals surface area contributed by atoms with Crippen molar-refractivity contribution in [3.05, 3.63) is 59.7 Å². The number of imide groups is 1. The van der Waals surface area contributed by atoms with Gasteiger partial charge in [-0.3, -0.25) is 19.7 Å². The Morgan fingerprint density at radius 1 is 0.912 bits per heavy atom. The highest BCUT2D eigenvalue weighted by atomic mass is 32.2. The predicted molar refractivity (Wildman–Crippen MR) is 140 cm³/mol. The predicted octanol–water partition coefficient (Wildman–Crippen LogP) is 6.35. The van der Waals surface area contributed by atoms with Gasteiger partial charge in [-0.25, -0.2) is 0 Å². The molecule has 6 heteroatoms. The summed E-state index contributed by atoms with van der Waals surface area (Å²) in [5, 5.41) is 1.71. The first kappa shape index (κ1) is 26.0. The lowest BCUT2D eigenvalue weighted by Gasteiger charge is -2.18. The topological polar surface area (TPSA) is 66.5 Å². The molecule has 0 spiro atoms. The molecule has 1 heterocycles. The number of thioether (sulfide) groups is 1. The van der Waals surface area contributed by atoms with Crippen LogP contribution in [0.4, 0.5) is 4.79 Å². The largest absolute Gasteiger partial charge is 0.341 e. The summed E-state index contributed by atoms with van der Waals surface area (Å²) in [6.07, 6.45) is 9.64. The molecule has 3 rings (SSSR count). The van der Waals surface area contributed by atoms with Gasteiger partial charge in [0, 0.05) is 20.0 Å². The molecule has 0 radical (unpaired) electrons. The molecule has 0 bridgehead atoms. The molecule has 1 aliphatic rings. The molecule has 1 aliphatic heterocycles. The van der Waals surface area contributed by atoms with Crippen molar-refractivity contribution in [2.45, 2.75) is 76.5 Å². The first-order chi connectivity index (χ1) is 16.5. The van der Waals surface area contributed by atoms with Crippen LogP contribution in [-0.4, -0.2) is 34.3 Å². The van der Waals surface area contributed by atoms with Crippen LogP contribution in [0.2, 0.25) is 0 Å². The monoisotopic (exact) mass is 480 g/mol. The van der Waals surface area contributed by atoms with Crippen LogP contribution >= 0.6 is 11.8 Å². The summed E-state index contributed by atoms with van der Waals surface area (Å²) in [5.74, 6) is -0.00645. The number of hydrogen-bond donors (Lipinski definition) is 1. The van der Waals surface area contributed by atoms with E-state index >= 15 is 0 Å². The maximum absolute atomic E-state index is 12.5. The molecule has 1 fully saturated rings. The van der Waals surface area contributed by atoms with Gasteiger partial charge < -0.3 is 4.90 Å². The molecule has 0 aromatic heterocycles. The van der Waals surface area contributed by atoms with Crippen molar-refractivity contribution in [2.75, 3.05) is 7.05 Å². The third-order valence-electron chi connectivity index (χ3n) is 6.24. The number of nitrogens with zero attached hydrogens (tertiary/aromatic N) is 1. The molecule has 1 atom stereocenters. The standard InChI is InChI=1S/C28H36N2O3S/c1-3-4-5-6-7-8-9-13-26(31)30(2)20-22-11-10-12-24(18-22)23-16-14-21(15-17-23)19-25-27(32)29-28(33)34-25/h10-12,14-18,25H,3-9,13,19-20H2,1-2H3,(H,29,32,33). The second kappa shape index (κ2) is 13.3. The van der Waals surface area contributed by atoms with Gasteiger partial charge in [0.05, 0.1) is 5.25 Å². The highest BCUT2D eigenvalue weighted by Crippen LogP contribution is 2.26. The first-order valence-electron chi connectivity index (χ1n) is 12.4. The molecule has 0 aliphatic carbocycles. The molecule has 182 valence electrons. The number of unbranched alkanes of at least 4 members (excludes halogenated alkanes) is 6. The quantitative estimate of drug-likeness (QED) is 0.339. The van der Waals surface area contributed by atoms with Crippen LogP contribution in [0.3, 0.4) is 0 Å². The average Bonchev–Trinajstić information content (AvgIpc) is 3.15. The number of rotatable bonds is 13. The minimum Gasteiger partial charge on any atom is -0.341 e. The van der Waals surface area contributed by atoms with Gasteiger partial charge in [-0.2, -0.15) is 0 Å². The smallest absolute Gasteiger partial charge is 0.286 e. The fraction of sp³-hybridized carbons (Fsp3) is 0.464. The highest BCUT2D eigenvalue weighted by Gasteiger charge is 2.31. The molecule has 34 heavy (non-hydrogen) atoms. The van der Waals surface area contributed by atoms with Crippen LogP contribution in [0.5, 0.6) is 0 Å². The summed E-state index contributed by atoms with van der Waals surface area (Å²) < 4.78 is 0. The Balaban J connectivity index is 1.48. The van der Waals surface area contributed by atoms with E-state index in [4.69, 9.17) is 0 Å². The summed E-state index contributed by atoms with van der Waals surface area (Å²) in [7, 11) is 1.88. The lowest BCUT2D eigenvalue weighted by atomic mass is 10.00. The zero-order valence-corrected chi connectivity index (χ0v) is 21.2. The minimum absolute atomic E-state index is 0.204. The lowest BCUT2D eigenvalue weighted by Crippen LogP contribution is -2.25. The minimum atomic E-state index is -0.351. The molecule has 5 nitrogen and oxygen atoms in total. The van der Waals surface area contributed by atoms with Gasteiger partial charge in [0.25, 0.3) is 5.24 Å². The van der Waals surface area contributed by atoms with Crippen LogP contribution in [0, 0.1) is 0 Å². The zero-order chi connectivity index (χ0) is 24.3. The Labute approximate surface area is 207 Å². The van der Waals surface area contributed by atoms with Gasteiger partial charge in [-0.05, 0) is 41.2 Å². The molecular weight excluding hydrogens is 444 g/mol. The third kappa shape index (κ3) is 8.01. The van der Waals surface area contributed by atoms with Crippen LogP contribution in [0.1, 0.15) is 69.4 Å². The van der Waals surface area contributed by atoms with Crippen molar-refractivity contribution < 1.29 is 14.4 Å². The molecule has 3 amide bonds. The van der Waals surface area contributed by atoms with Crippen molar-refractivity contribution >= 4 is 28.8 Å². The van der Waals surface area contributed by atoms with Crippen LogP contribution in [0.25, 0.3) is 11.1 Å². The van der Waals surface area contributed by atoms with Crippen molar-refractivity contribution in [3.8, 4) is 11.1 Å². The highest BCUT2D eigenvalue weighted by molar-refractivity contribution is 8.15. The van der Waals surface area contributed by atoms with Crippen molar-refractivity contribution in [1.29, 1.82) is 0 Å². The molecule has 0 saturated carbocycles. The Bertz CT molecular complexity index is 974. The van der Waals surface area contributed by atoms with E-state index in [1.165, 1.54) is 32.1 Å². The number of nitrogens with one attached hydrogen (secondary N) is 1. The fourth-order valence-corrected chi connectivity index (χ4v) is 5.07. The molecule has 2 aromatic carbocycles. The molecule has 1 N–H and O–H groups in total. The summed E-state index contributed by atoms with van der Waals surface area (Å²) >= 11 is 1.06. The lowest BCUT2D eigenvalue weighted by molar-refractivity contribution is -0.130. The number of amides is 3.